The molecule has 1 aromatic carbocycles. The topological polar surface area (TPSA) is 107 Å². The minimum atomic E-state index is -0.543. The molecule has 0 N–H and O–H groups in total. The number of nitrogens with zero attached hydrogens (tertiary/aromatic N) is 5. The molecule has 0 spiro atoms. The Morgan fingerprint density at radius 3 is 2.56 bits per heavy atom. The molecule has 0 bridgehead atoms. The number of esters is 1. The zero-order chi connectivity index (χ0) is 22.6. The normalized spacial score (nSPS) is 21.5. The van der Waals surface area contributed by atoms with Gasteiger partial charge in [-0.2, -0.15) is 5.10 Å². The van der Waals surface area contributed by atoms with Crippen molar-refractivity contribution < 1.29 is 19.1 Å². The van der Waals surface area contributed by atoms with Crippen molar-refractivity contribution in [2.24, 2.45) is 5.92 Å². The second-order valence-corrected chi connectivity index (χ2v) is 8.45. The quantitative estimate of drug-likeness (QED) is 0.448. The average Bonchev–Trinajstić information content (AvgIpc) is 3.29. The van der Waals surface area contributed by atoms with E-state index in [1.165, 1.54) is 14.0 Å². The number of Topliss-reactive ketones (excluding diaryl/α,β-unsaturated/α-hetero) is 1. The van der Waals surface area contributed by atoms with E-state index in [0.717, 1.165) is 17.5 Å². The molecule has 164 valence electrons. The Balaban J connectivity index is 1.49. The number of carbonyl (C=O) groups excluding carboxylic acids is 3. The first-order valence-corrected chi connectivity index (χ1v) is 10.6. The highest BCUT2D eigenvalue weighted by molar-refractivity contribution is 6.06. The van der Waals surface area contributed by atoms with E-state index in [2.05, 4.69) is 15.1 Å². The summed E-state index contributed by atoms with van der Waals surface area (Å²) in [4.78, 5) is 47.7. The third-order valence-electron chi connectivity index (χ3n) is 6.35. The van der Waals surface area contributed by atoms with Gasteiger partial charge in [0.25, 0.3) is 0 Å². The fraction of sp³-hybridized carbons (Fsp3) is 0.391. The zero-order valence-corrected chi connectivity index (χ0v) is 18.1. The first-order valence-electron chi connectivity index (χ1n) is 10.6. The summed E-state index contributed by atoms with van der Waals surface area (Å²) in [5.74, 6) is 0.278. The predicted molar refractivity (Wildman–Crippen MR) is 115 cm³/mol. The number of methoxy groups -OCH3 is 1. The van der Waals surface area contributed by atoms with Gasteiger partial charge in [0.05, 0.1) is 12.6 Å². The highest BCUT2D eigenvalue weighted by Gasteiger charge is 2.56. The monoisotopic (exact) mass is 433 g/mol. The maximum atomic E-state index is 13.2. The van der Waals surface area contributed by atoms with Gasteiger partial charge in [-0.25, -0.2) is 14.8 Å². The Morgan fingerprint density at radius 1 is 1.12 bits per heavy atom. The molecule has 1 aliphatic heterocycles. The number of aromatic nitrogens is 4. The molecule has 1 aliphatic carbocycles. The van der Waals surface area contributed by atoms with Gasteiger partial charge in [0.15, 0.2) is 5.78 Å². The Kier molecular flexibility index (Phi) is 4.76. The SMILES string of the molecule is COC(=O)[C@@H]1C[C@H]2CC2N1C(=O)Cn1nc(C(C)=O)c2cc(-c3cnc(C)nc3)ccc21. The van der Waals surface area contributed by atoms with Gasteiger partial charge in [-0.15, -0.1) is 0 Å². The van der Waals surface area contributed by atoms with Gasteiger partial charge in [-0.05, 0) is 43.4 Å². The summed E-state index contributed by atoms with van der Waals surface area (Å²) < 4.78 is 6.44. The van der Waals surface area contributed by atoms with E-state index in [0.29, 0.717) is 34.8 Å². The standard InChI is InChI=1S/C23H23N5O4/c1-12(29)22-17-6-14(16-9-24-13(2)25-10-16)4-5-18(17)27(26-22)11-21(30)28-19-7-15(19)8-20(28)23(31)32-3/h4-6,9-10,15,19-20H,7-8,11H2,1-3H3/t15-,19?,20+/m1/s1. The molecule has 3 atom stereocenters. The number of hydrogen-bond acceptors (Lipinski definition) is 7. The van der Waals surface area contributed by atoms with Crippen molar-refractivity contribution in [1.29, 1.82) is 0 Å². The van der Waals surface area contributed by atoms with Crippen LogP contribution in [0.1, 0.15) is 36.1 Å². The summed E-state index contributed by atoms with van der Waals surface area (Å²) in [5, 5.41) is 5.12. The first-order chi connectivity index (χ1) is 15.4. The Hall–Kier alpha value is -3.62. The lowest BCUT2D eigenvalue weighted by Crippen LogP contribution is -2.45. The van der Waals surface area contributed by atoms with Crippen LogP contribution >= 0.6 is 0 Å². The summed E-state index contributed by atoms with van der Waals surface area (Å²) in [7, 11) is 1.34. The van der Waals surface area contributed by atoms with Crippen molar-refractivity contribution in [2.75, 3.05) is 7.11 Å². The molecule has 0 radical (unpaired) electrons. The van der Waals surface area contributed by atoms with E-state index in [1.807, 2.05) is 25.1 Å². The number of piperidine rings is 1. The van der Waals surface area contributed by atoms with E-state index in [9.17, 15) is 14.4 Å². The number of rotatable bonds is 5. The second kappa shape index (κ2) is 7.51. The minimum absolute atomic E-state index is 0.0481. The van der Waals surface area contributed by atoms with Gasteiger partial charge in [0.2, 0.25) is 5.91 Å². The number of hydrogen-bond donors (Lipinski definition) is 0. The number of aryl methyl sites for hydroxylation is 1. The average molecular weight is 433 g/mol. The largest absolute Gasteiger partial charge is 0.467 e. The molecule has 2 aliphatic rings. The number of fused-ring (bicyclic) bond motifs is 2. The van der Waals surface area contributed by atoms with Crippen LogP contribution in [0.3, 0.4) is 0 Å². The van der Waals surface area contributed by atoms with Crippen molar-refractivity contribution >= 4 is 28.6 Å². The van der Waals surface area contributed by atoms with Crippen molar-refractivity contribution in [1.82, 2.24) is 24.6 Å². The Bertz CT molecular complexity index is 1250. The van der Waals surface area contributed by atoms with Crippen molar-refractivity contribution in [3.05, 3.63) is 42.1 Å². The summed E-state index contributed by atoms with van der Waals surface area (Å²) in [5.41, 5.74) is 2.67. The number of ether oxygens (including phenoxy) is 1. The molecule has 2 fully saturated rings. The molecule has 9 heteroatoms. The van der Waals surface area contributed by atoms with Crippen LogP contribution in [0.4, 0.5) is 0 Å². The van der Waals surface area contributed by atoms with Crippen molar-refractivity contribution in [3.8, 4) is 11.1 Å². The van der Waals surface area contributed by atoms with Crippen LogP contribution in [-0.4, -0.2) is 61.5 Å². The molecule has 32 heavy (non-hydrogen) atoms. The smallest absolute Gasteiger partial charge is 0.328 e. The summed E-state index contributed by atoms with van der Waals surface area (Å²) >= 11 is 0. The molecule has 3 aromatic rings. The lowest BCUT2D eigenvalue weighted by atomic mass is 10.0. The highest BCUT2D eigenvalue weighted by Crippen LogP contribution is 2.48. The molecule has 1 saturated heterocycles. The first kappa shape index (κ1) is 20.3. The van der Waals surface area contributed by atoms with E-state index in [1.54, 1.807) is 22.0 Å². The zero-order valence-electron chi connectivity index (χ0n) is 18.1. The molecule has 5 rings (SSSR count). The fourth-order valence-electron chi connectivity index (χ4n) is 4.65. The van der Waals surface area contributed by atoms with Gasteiger partial charge in [0, 0.05) is 36.3 Å². The van der Waals surface area contributed by atoms with Gasteiger partial charge >= 0.3 is 5.97 Å². The van der Waals surface area contributed by atoms with Crippen LogP contribution in [0.5, 0.6) is 0 Å². The molecular formula is C23H23N5O4. The number of likely N-dealkylation sites (tertiary alicyclic amines) is 1. The maximum Gasteiger partial charge on any atom is 0.328 e. The Morgan fingerprint density at radius 2 is 1.88 bits per heavy atom. The van der Waals surface area contributed by atoms with Gasteiger partial charge in [0.1, 0.15) is 24.1 Å². The molecule has 1 amide bonds. The van der Waals surface area contributed by atoms with E-state index < -0.39 is 6.04 Å². The maximum absolute atomic E-state index is 13.2. The molecule has 1 unspecified atom stereocenters. The van der Waals surface area contributed by atoms with E-state index in [4.69, 9.17) is 4.74 Å². The van der Waals surface area contributed by atoms with Crippen LogP contribution in [0.15, 0.2) is 30.6 Å². The van der Waals surface area contributed by atoms with Crippen LogP contribution < -0.4 is 0 Å². The van der Waals surface area contributed by atoms with Crippen molar-refractivity contribution in [3.63, 3.8) is 0 Å². The van der Waals surface area contributed by atoms with Gasteiger partial charge in [-0.1, -0.05) is 6.07 Å². The fourth-order valence-corrected chi connectivity index (χ4v) is 4.65. The van der Waals surface area contributed by atoms with E-state index >= 15 is 0 Å². The second-order valence-electron chi connectivity index (χ2n) is 8.45. The van der Waals surface area contributed by atoms with Crippen LogP contribution in [0.25, 0.3) is 22.0 Å². The van der Waals surface area contributed by atoms with Crippen LogP contribution in [-0.2, 0) is 20.9 Å². The predicted octanol–water partition coefficient (Wildman–Crippen LogP) is 2.17. The molecular weight excluding hydrogens is 410 g/mol. The van der Waals surface area contributed by atoms with Gasteiger partial charge in [-0.3, -0.25) is 14.3 Å². The molecule has 3 heterocycles. The van der Waals surface area contributed by atoms with E-state index in [-0.39, 0.29) is 30.2 Å². The minimum Gasteiger partial charge on any atom is -0.467 e. The Labute approximate surface area is 184 Å². The van der Waals surface area contributed by atoms with Crippen LogP contribution in [0, 0.1) is 12.8 Å². The number of ketones is 1. The third kappa shape index (κ3) is 3.34. The van der Waals surface area contributed by atoms with Crippen molar-refractivity contribution in [2.45, 2.75) is 45.3 Å². The summed E-state index contributed by atoms with van der Waals surface area (Å²) in [6, 6.07) is 5.16. The summed E-state index contributed by atoms with van der Waals surface area (Å²) in [6.07, 6.45) is 5.03. The number of carbonyl (C=O) groups is 3. The number of amides is 1. The third-order valence-corrected chi connectivity index (χ3v) is 6.35. The molecule has 9 nitrogen and oxygen atoms in total. The van der Waals surface area contributed by atoms with Crippen LogP contribution in [0.2, 0.25) is 0 Å². The molecule has 2 aromatic heterocycles. The molecule has 1 saturated carbocycles. The lowest BCUT2D eigenvalue weighted by molar-refractivity contribution is -0.152. The lowest BCUT2D eigenvalue weighted by Gasteiger charge is -2.25. The highest BCUT2D eigenvalue weighted by atomic mass is 16.5. The number of benzene rings is 1. The summed E-state index contributed by atoms with van der Waals surface area (Å²) in [6.45, 7) is 3.22. The van der Waals surface area contributed by atoms with Gasteiger partial charge < -0.3 is 9.64 Å².